The molecule has 0 radical (unpaired) electrons. The fourth-order valence-corrected chi connectivity index (χ4v) is 3.20. The Morgan fingerprint density at radius 1 is 1.18 bits per heavy atom. The Balaban J connectivity index is 1.59. The Kier molecular flexibility index (Phi) is 4.47. The number of hydrogen-bond acceptors (Lipinski definition) is 2. The average Bonchev–Trinajstić information content (AvgIpc) is 2.94. The zero-order valence-electron chi connectivity index (χ0n) is 12.2. The van der Waals surface area contributed by atoms with E-state index in [-0.39, 0.29) is 5.91 Å². The average molecular weight is 364 g/mol. The molecule has 0 N–H and O–H groups in total. The van der Waals surface area contributed by atoms with Crippen LogP contribution in [0.5, 0.6) is 0 Å². The summed E-state index contributed by atoms with van der Waals surface area (Å²) in [5, 5.41) is 1.17. The molecule has 1 aromatic carbocycles. The topological polar surface area (TPSA) is 45.6 Å². The quantitative estimate of drug-likeness (QED) is 0.780. The Bertz CT molecular complexity index is 690. The molecular formula is C16H18BrN3O2. The van der Waals surface area contributed by atoms with E-state index in [1.54, 1.807) is 4.90 Å². The molecule has 116 valence electrons. The number of benzene rings is 1. The summed E-state index contributed by atoms with van der Waals surface area (Å²) in [6.07, 6.45) is 3.36. The van der Waals surface area contributed by atoms with Crippen molar-refractivity contribution < 1.29 is 9.59 Å². The monoisotopic (exact) mass is 363 g/mol. The summed E-state index contributed by atoms with van der Waals surface area (Å²) >= 11 is 3.47. The van der Waals surface area contributed by atoms with E-state index in [1.807, 2.05) is 17.2 Å². The SMILES string of the molecule is O=CN1CCN(C(=O)CCn2ccc3cc(Br)ccc32)CC1. The molecule has 1 aromatic heterocycles. The molecule has 2 heterocycles. The second-order valence-corrected chi connectivity index (χ2v) is 6.40. The van der Waals surface area contributed by atoms with Crippen molar-refractivity contribution >= 4 is 39.2 Å². The molecule has 0 saturated carbocycles. The third-order valence-electron chi connectivity index (χ3n) is 4.12. The first-order valence-electron chi connectivity index (χ1n) is 7.39. The van der Waals surface area contributed by atoms with Gasteiger partial charge in [0.1, 0.15) is 0 Å². The van der Waals surface area contributed by atoms with Crippen LogP contribution >= 0.6 is 15.9 Å². The Morgan fingerprint density at radius 3 is 2.68 bits per heavy atom. The summed E-state index contributed by atoms with van der Waals surface area (Å²) in [4.78, 5) is 26.5. The minimum Gasteiger partial charge on any atom is -0.347 e. The Hall–Kier alpha value is -1.82. The van der Waals surface area contributed by atoms with Gasteiger partial charge in [-0.05, 0) is 24.3 Å². The van der Waals surface area contributed by atoms with Crippen molar-refractivity contribution in [3.63, 3.8) is 0 Å². The van der Waals surface area contributed by atoms with E-state index in [4.69, 9.17) is 0 Å². The smallest absolute Gasteiger partial charge is 0.224 e. The molecule has 0 unspecified atom stereocenters. The Labute approximate surface area is 137 Å². The van der Waals surface area contributed by atoms with Crippen LogP contribution < -0.4 is 0 Å². The summed E-state index contributed by atoms with van der Waals surface area (Å²) < 4.78 is 3.17. The number of carbonyl (C=O) groups excluding carboxylic acids is 2. The molecule has 3 rings (SSSR count). The highest BCUT2D eigenvalue weighted by Gasteiger charge is 2.19. The van der Waals surface area contributed by atoms with Crippen LogP contribution in [0, 0.1) is 0 Å². The molecule has 1 fully saturated rings. The zero-order chi connectivity index (χ0) is 15.5. The summed E-state index contributed by atoms with van der Waals surface area (Å²) in [5.41, 5.74) is 1.14. The largest absolute Gasteiger partial charge is 0.347 e. The second-order valence-electron chi connectivity index (χ2n) is 5.48. The fourth-order valence-electron chi connectivity index (χ4n) is 2.82. The minimum absolute atomic E-state index is 0.157. The molecule has 5 nitrogen and oxygen atoms in total. The van der Waals surface area contributed by atoms with Gasteiger partial charge in [-0.2, -0.15) is 0 Å². The van der Waals surface area contributed by atoms with Gasteiger partial charge < -0.3 is 14.4 Å². The van der Waals surface area contributed by atoms with Gasteiger partial charge in [-0.25, -0.2) is 0 Å². The molecule has 0 aliphatic carbocycles. The lowest BCUT2D eigenvalue weighted by Gasteiger charge is -2.32. The van der Waals surface area contributed by atoms with Crippen LogP contribution in [0.3, 0.4) is 0 Å². The molecular weight excluding hydrogens is 346 g/mol. The molecule has 0 bridgehead atoms. The highest BCUT2D eigenvalue weighted by atomic mass is 79.9. The van der Waals surface area contributed by atoms with Crippen molar-refractivity contribution in [1.82, 2.24) is 14.4 Å². The van der Waals surface area contributed by atoms with Crippen LogP contribution in [0.15, 0.2) is 34.9 Å². The van der Waals surface area contributed by atoms with Gasteiger partial charge in [0, 0.05) is 60.7 Å². The van der Waals surface area contributed by atoms with Crippen molar-refractivity contribution in [2.75, 3.05) is 26.2 Å². The van der Waals surface area contributed by atoms with E-state index in [2.05, 4.69) is 38.7 Å². The number of nitrogens with zero attached hydrogens (tertiary/aromatic N) is 3. The highest BCUT2D eigenvalue weighted by Crippen LogP contribution is 2.21. The van der Waals surface area contributed by atoms with Crippen molar-refractivity contribution in [1.29, 1.82) is 0 Å². The molecule has 0 spiro atoms. The third-order valence-corrected chi connectivity index (χ3v) is 4.61. The van der Waals surface area contributed by atoms with Gasteiger partial charge in [0.15, 0.2) is 0 Å². The van der Waals surface area contributed by atoms with E-state index in [1.165, 1.54) is 5.39 Å². The van der Waals surface area contributed by atoms with E-state index < -0.39 is 0 Å². The van der Waals surface area contributed by atoms with E-state index in [0.717, 1.165) is 16.4 Å². The van der Waals surface area contributed by atoms with Crippen LogP contribution in [0.1, 0.15) is 6.42 Å². The molecule has 22 heavy (non-hydrogen) atoms. The molecule has 1 aliphatic heterocycles. The standard InChI is InChI=1S/C16H18BrN3O2/c17-14-1-2-15-13(11-14)3-5-19(15)6-4-16(22)20-9-7-18(12-21)8-10-20/h1-3,5,11-12H,4,6-10H2. The number of aromatic nitrogens is 1. The normalized spacial score (nSPS) is 15.3. The van der Waals surface area contributed by atoms with Crippen molar-refractivity contribution in [2.45, 2.75) is 13.0 Å². The van der Waals surface area contributed by atoms with Crippen LogP contribution in [0.2, 0.25) is 0 Å². The van der Waals surface area contributed by atoms with Crippen LogP contribution in [-0.2, 0) is 16.1 Å². The minimum atomic E-state index is 0.157. The zero-order valence-corrected chi connectivity index (χ0v) is 13.8. The number of aryl methyl sites for hydroxylation is 1. The molecule has 1 saturated heterocycles. The molecule has 2 amide bonds. The maximum atomic E-state index is 12.3. The lowest BCUT2D eigenvalue weighted by Crippen LogP contribution is -2.48. The van der Waals surface area contributed by atoms with E-state index >= 15 is 0 Å². The Morgan fingerprint density at radius 2 is 1.95 bits per heavy atom. The molecule has 0 atom stereocenters. The lowest BCUT2D eigenvalue weighted by molar-refractivity contribution is -0.135. The van der Waals surface area contributed by atoms with Crippen molar-refractivity contribution in [3.05, 3.63) is 34.9 Å². The van der Waals surface area contributed by atoms with Crippen LogP contribution in [0.25, 0.3) is 10.9 Å². The highest BCUT2D eigenvalue weighted by molar-refractivity contribution is 9.10. The maximum absolute atomic E-state index is 12.3. The van der Waals surface area contributed by atoms with Crippen molar-refractivity contribution in [2.24, 2.45) is 0 Å². The predicted octanol–water partition coefficient (Wildman–Crippen LogP) is 2.09. The maximum Gasteiger partial charge on any atom is 0.224 e. The fraction of sp³-hybridized carbons (Fsp3) is 0.375. The first-order valence-corrected chi connectivity index (χ1v) is 8.18. The number of hydrogen-bond donors (Lipinski definition) is 0. The van der Waals surface area contributed by atoms with Gasteiger partial charge in [0.2, 0.25) is 12.3 Å². The van der Waals surface area contributed by atoms with E-state index in [0.29, 0.717) is 39.1 Å². The third kappa shape index (κ3) is 3.16. The molecule has 1 aliphatic rings. The lowest BCUT2D eigenvalue weighted by atomic mass is 10.2. The van der Waals surface area contributed by atoms with Gasteiger partial charge in [-0.3, -0.25) is 9.59 Å². The number of rotatable bonds is 4. The number of fused-ring (bicyclic) bond motifs is 1. The van der Waals surface area contributed by atoms with Crippen LogP contribution in [0.4, 0.5) is 0 Å². The van der Waals surface area contributed by atoms with Gasteiger partial charge in [-0.1, -0.05) is 15.9 Å². The number of halogens is 1. The predicted molar refractivity (Wildman–Crippen MR) is 88.5 cm³/mol. The molecule has 2 aromatic rings. The number of piperazine rings is 1. The summed E-state index contributed by atoms with van der Waals surface area (Å²) in [7, 11) is 0. The van der Waals surface area contributed by atoms with Crippen LogP contribution in [-0.4, -0.2) is 52.9 Å². The van der Waals surface area contributed by atoms with E-state index in [9.17, 15) is 9.59 Å². The number of amides is 2. The number of carbonyl (C=O) groups is 2. The van der Waals surface area contributed by atoms with Gasteiger partial charge in [0.05, 0.1) is 0 Å². The van der Waals surface area contributed by atoms with Gasteiger partial charge in [0.25, 0.3) is 0 Å². The molecule has 6 heteroatoms. The summed E-state index contributed by atoms with van der Waals surface area (Å²) in [6, 6.07) is 8.21. The first kappa shape index (κ1) is 15.1. The van der Waals surface area contributed by atoms with Gasteiger partial charge >= 0.3 is 0 Å². The van der Waals surface area contributed by atoms with Crippen molar-refractivity contribution in [3.8, 4) is 0 Å². The second kappa shape index (κ2) is 6.52. The summed E-state index contributed by atoms with van der Waals surface area (Å²) in [5.74, 6) is 0.157. The summed E-state index contributed by atoms with van der Waals surface area (Å²) in [6.45, 7) is 3.22. The first-order chi connectivity index (χ1) is 10.7. The van der Waals surface area contributed by atoms with Gasteiger partial charge in [-0.15, -0.1) is 0 Å².